The Balaban J connectivity index is 0.00000147. The second-order valence-electron chi connectivity index (χ2n) is 4.34. The Hall–Kier alpha value is -0.988. The van der Waals surface area contributed by atoms with E-state index in [1.165, 1.54) is 15.9 Å². The maximum absolute atomic E-state index is 2.23. The topological polar surface area (TPSA) is 0 Å². The monoisotopic (exact) mass is 472 g/mol. The zero-order valence-electron chi connectivity index (χ0n) is 11.3. The van der Waals surface area contributed by atoms with Crippen molar-refractivity contribution in [1.82, 2.24) is 0 Å². The molecular formula is C18H17PPb. The van der Waals surface area contributed by atoms with Crippen LogP contribution in [0.4, 0.5) is 0 Å². The third-order valence-corrected chi connectivity index (χ3v) is 5.49. The van der Waals surface area contributed by atoms with Crippen LogP contribution in [0.25, 0.3) is 0 Å². The molecule has 0 nitrogen and oxygen atoms in total. The largest absolute Gasteiger partial charge is 0.0622 e. The first-order valence-electron chi connectivity index (χ1n) is 6.40. The molecule has 0 aromatic heterocycles. The van der Waals surface area contributed by atoms with Gasteiger partial charge in [-0.15, -0.1) is 0 Å². The summed E-state index contributed by atoms with van der Waals surface area (Å²) in [5.41, 5.74) is 0. The Morgan fingerprint density at radius 2 is 0.650 bits per heavy atom. The van der Waals surface area contributed by atoms with E-state index in [0.29, 0.717) is 0 Å². The maximum Gasteiger partial charge on any atom is -0.0134 e. The van der Waals surface area contributed by atoms with Gasteiger partial charge in [0.2, 0.25) is 0 Å². The van der Waals surface area contributed by atoms with Crippen molar-refractivity contribution in [2.45, 2.75) is 0 Å². The van der Waals surface area contributed by atoms with E-state index in [9.17, 15) is 0 Å². The fourth-order valence-electron chi connectivity index (χ4n) is 2.18. The van der Waals surface area contributed by atoms with Crippen LogP contribution in [0.15, 0.2) is 91.0 Å². The van der Waals surface area contributed by atoms with Crippen molar-refractivity contribution >= 4 is 51.1 Å². The number of hydrogen-bond donors (Lipinski definition) is 0. The standard InChI is InChI=1S/C18H15P.Pb.2H/c1-4-10-16(11-5-1)19(17-12-6-2-7-13-17)18-14-8-3-9-15-18;;;/h1-15H;;;. The van der Waals surface area contributed by atoms with E-state index >= 15 is 0 Å². The minimum Gasteiger partial charge on any atom is -0.0622 e. The van der Waals surface area contributed by atoms with Gasteiger partial charge in [-0.2, -0.15) is 0 Å². The molecule has 0 aliphatic rings. The molecule has 0 amide bonds. The predicted octanol–water partition coefficient (Wildman–Crippen LogP) is 2.53. The number of rotatable bonds is 3. The molecule has 0 bridgehead atoms. The molecule has 0 fully saturated rings. The van der Waals surface area contributed by atoms with E-state index < -0.39 is 7.92 Å². The Bertz CT molecular complexity index is 529. The minimum absolute atomic E-state index is 0. The fraction of sp³-hybridized carbons (Fsp3) is 0. The average Bonchev–Trinajstić information content (AvgIpc) is 2.51. The molecule has 2 heteroatoms. The van der Waals surface area contributed by atoms with Crippen LogP contribution in [0, 0.1) is 0 Å². The van der Waals surface area contributed by atoms with Crippen molar-refractivity contribution in [2.24, 2.45) is 0 Å². The summed E-state index contributed by atoms with van der Waals surface area (Å²) in [6.07, 6.45) is 0. The number of hydrogen-bond acceptors (Lipinski definition) is 0. The predicted molar refractivity (Wildman–Crippen MR) is 93.7 cm³/mol. The van der Waals surface area contributed by atoms with Crippen molar-refractivity contribution in [2.75, 3.05) is 0 Å². The Kier molecular flexibility index (Phi) is 5.93. The van der Waals surface area contributed by atoms with Gasteiger partial charge in [0.1, 0.15) is 0 Å². The average molecular weight is 472 g/mol. The van der Waals surface area contributed by atoms with Crippen molar-refractivity contribution in [1.29, 1.82) is 0 Å². The van der Waals surface area contributed by atoms with E-state index in [1.54, 1.807) is 0 Å². The van der Waals surface area contributed by atoms with Crippen LogP contribution in [-0.4, -0.2) is 27.3 Å². The van der Waals surface area contributed by atoms with Crippen LogP contribution in [0.1, 0.15) is 0 Å². The molecule has 0 aliphatic heterocycles. The van der Waals surface area contributed by atoms with Crippen LogP contribution in [0.5, 0.6) is 0 Å². The smallest absolute Gasteiger partial charge is 0.0134 e. The molecule has 20 heavy (non-hydrogen) atoms. The summed E-state index contributed by atoms with van der Waals surface area (Å²) in [6, 6.07) is 32.3. The number of benzene rings is 3. The molecule has 0 atom stereocenters. The van der Waals surface area contributed by atoms with E-state index in [0.717, 1.165) is 0 Å². The zero-order valence-corrected chi connectivity index (χ0v) is 17.7. The molecule has 0 saturated heterocycles. The Morgan fingerprint density at radius 3 is 0.900 bits per heavy atom. The van der Waals surface area contributed by atoms with Crippen molar-refractivity contribution in [3.05, 3.63) is 91.0 Å². The molecule has 0 spiro atoms. The minimum atomic E-state index is -0.446. The molecule has 3 aromatic rings. The van der Waals surface area contributed by atoms with Gasteiger partial charge in [0.05, 0.1) is 0 Å². The summed E-state index contributed by atoms with van der Waals surface area (Å²) in [5.74, 6) is 0. The first-order valence-corrected chi connectivity index (χ1v) is 7.74. The third kappa shape index (κ3) is 3.56. The van der Waals surface area contributed by atoms with Crippen LogP contribution in [0.3, 0.4) is 0 Å². The van der Waals surface area contributed by atoms with Gasteiger partial charge in [0.15, 0.2) is 0 Å². The fourth-order valence-corrected chi connectivity index (χ4v) is 4.48. The molecule has 2 radical (unpaired) electrons. The Labute approximate surface area is 141 Å². The summed E-state index contributed by atoms with van der Waals surface area (Å²) >= 11 is 0. The first kappa shape index (κ1) is 15.4. The van der Waals surface area contributed by atoms with E-state index in [4.69, 9.17) is 0 Å². The van der Waals surface area contributed by atoms with Gasteiger partial charge in [-0.3, -0.25) is 0 Å². The second-order valence-corrected chi connectivity index (χ2v) is 6.56. The van der Waals surface area contributed by atoms with Gasteiger partial charge >= 0.3 is 27.3 Å². The van der Waals surface area contributed by atoms with E-state index in [2.05, 4.69) is 91.0 Å². The van der Waals surface area contributed by atoms with Crippen molar-refractivity contribution < 1.29 is 0 Å². The zero-order chi connectivity index (χ0) is 12.9. The summed E-state index contributed by atoms with van der Waals surface area (Å²) in [7, 11) is -0.446. The van der Waals surface area contributed by atoms with E-state index in [1.807, 2.05) is 0 Å². The van der Waals surface area contributed by atoms with Gasteiger partial charge in [-0.25, -0.2) is 0 Å². The van der Waals surface area contributed by atoms with Crippen LogP contribution in [0.2, 0.25) is 0 Å². The van der Waals surface area contributed by atoms with Crippen molar-refractivity contribution in [3.63, 3.8) is 0 Å². The van der Waals surface area contributed by atoms with Gasteiger partial charge < -0.3 is 0 Å². The van der Waals surface area contributed by atoms with Crippen LogP contribution >= 0.6 is 7.92 Å². The summed E-state index contributed by atoms with van der Waals surface area (Å²) in [5, 5.41) is 4.19. The molecule has 0 heterocycles. The first-order chi connectivity index (χ1) is 9.45. The van der Waals surface area contributed by atoms with E-state index in [-0.39, 0.29) is 27.3 Å². The van der Waals surface area contributed by atoms with Crippen LogP contribution in [-0.2, 0) is 0 Å². The molecule has 3 rings (SSSR count). The molecule has 0 saturated carbocycles. The summed E-state index contributed by atoms with van der Waals surface area (Å²) < 4.78 is 0. The summed E-state index contributed by atoms with van der Waals surface area (Å²) in [4.78, 5) is 0. The molecule has 0 aliphatic carbocycles. The van der Waals surface area contributed by atoms with Gasteiger partial charge in [-0.05, 0) is 23.8 Å². The molecule has 0 unspecified atom stereocenters. The van der Waals surface area contributed by atoms with Crippen molar-refractivity contribution in [3.8, 4) is 0 Å². The molecule has 98 valence electrons. The van der Waals surface area contributed by atoms with Crippen LogP contribution < -0.4 is 15.9 Å². The van der Waals surface area contributed by atoms with Gasteiger partial charge in [0.25, 0.3) is 0 Å². The van der Waals surface area contributed by atoms with Gasteiger partial charge in [-0.1, -0.05) is 91.0 Å². The quantitative estimate of drug-likeness (QED) is 0.407. The summed E-state index contributed by atoms with van der Waals surface area (Å²) in [6.45, 7) is 0. The second kappa shape index (κ2) is 7.70. The SMILES string of the molecule is [PbH2].c1ccc(P(c2ccccc2)c2ccccc2)cc1. The normalized spacial score (nSPS) is 10.1. The molecule has 3 aromatic carbocycles. The molecule has 0 N–H and O–H groups in total. The maximum atomic E-state index is 2.23. The molecular weight excluding hydrogens is 454 g/mol. The third-order valence-electron chi connectivity index (χ3n) is 3.04. The Morgan fingerprint density at radius 1 is 0.400 bits per heavy atom. The van der Waals surface area contributed by atoms with Gasteiger partial charge in [0, 0.05) is 0 Å².